The van der Waals surface area contributed by atoms with Crippen molar-refractivity contribution in [1.82, 2.24) is 0 Å². The van der Waals surface area contributed by atoms with E-state index in [9.17, 15) is 4.79 Å². The highest BCUT2D eigenvalue weighted by atomic mass is 16.2. The number of benzene rings is 2. The molecule has 0 spiro atoms. The molecule has 126 valence electrons. The summed E-state index contributed by atoms with van der Waals surface area (Å²) >= 11 is 0. The molecule has 2 aromatic rings. The van der Waals surface area contributed by atoms with Gasteiger partial charge in [0, 0.05) is 18.4 Å². The van der Waals surface area contributed by atoms with Gasteiger partial charge in [-0.25, -0.2) is 0 Å². The smallest absolute Gasteiger partial charge is 0.248 e. The summed E-state index contributed by atoms with van der Waals surface area (Å²) < 4.78 is 0. The molecule has 0 heterocycles. The lowest BCUT2D eigenvalue weighted by molar-refractivity contribution is -0.111. The van der Waals surface area contributed by atoms with Crippen LogP contribution in [0.2, 0.25) is 0 Å². The molecule has 3 nitrogen and oxygen atoms in total. The van der Waals surface area contributed by atoms with Crippen LogP contribution in [0.25, 0.3) is 6.08 Å². The molecule has 0 unspecified atom stereocenters. The molecule has 0 aliphatic rings. The molecule has 0 saturated carbocycles. The molecule has 0 radical (unpaired) electrons. The summed E-state index contributed by atoms with van der Waals surface area (Å²) in [6.45, 7) is 6.66. The Morgan fingerprint density at radius 3 is 2.21 bits per heavy atom. The molecule has 0 aliphatic heterocycles. The third-order valence-electron chi connectivity index (χ3n) is 3.83. The summed E-state index contributed by atoms with van der Waals surface area (Å²) in [6, 6.07) is 15.7. The number of rotatable bonds is 5. The van der Waals surface area contributed by atoms with Crippen LogP contribution in [-0.2, 0) is 16.6 Å². The number of aliphatic hydroxyl groups is 1. The predicted molar refractivity (Wildman–Crippen MR) is 100 cm³/mol. The molecule has 2 aromatic carbocycles. The fraction of sp³-hybridized carbons (Fsp3) is 0.286. The third kappa shape index (κ3) is 5.36. The van der Waals surface area contributed by atoms with Crippen molar-refractivity contribution >= 4 is 17.7 Å². The van der Waals surface area contributed by atoms with E-state index in [2.05, 4.69) is 38.2 Å². The lowest BCUT2D eigenvalue weighted by Crippen LogP contribution is -2.10. The van der Waals surface area contributed by atoms with Crippen LogP contribution in [0.3, 0.4) is 0 Å². The van der Waals surface area contributed by atoms with Crippen LogP contribution in [0.15, 0.2) is 54.6 Å². The van der Waals surface area contributed by atoms with Crippen molar-refractivity contribution in [1.29, 1.82) is 0 Å². The Kier molecular flexibility index (Phi) is 5.93. The van der Waals surface area contributed by atoms with Gasteiger partial charge in [-0.2, -0.15) is 0 Å². The van der Waals surface area contributed by atoms with Gasteiger partial charge >= 0.3 is 0 Å². The first kappa shape index (κ1) is 18.0. The summed E-state index contributed by atoms with van der Waals surface area (Å²) in [5, 5.41) is 11.7. The van der Waals surface area contributed by atoms with E-state index in [0.717, 1.165) is 16.8 Å². The average molecular weight is 323 g/mol. The fourth-order valence-corrected chi connectivity index (χ4v) is 2.33. The van der Waals surface area contributed by atoms with Gasteiger partial charge < -0.3 is 10.4 Å². The third-order valence-corrected chi connectivity index (χ3v) is 3.83. The first-order chi connectivity index (χ1) is 11.4. The molecule has 2 rings (SSSR count). The van der Waals surface area contributed by atoms with Crippen LogP contribution >= 0.6 is 0 Å². The fourth-order valence-electron chi connectivity index (χ4n) is 2.33. The SMILES string of the molecule is CC(C)(C)c1ccc(/C=C/C(=O)Nc2ccc(CCO)cc2)cc1. The molecule has 0 saturated heterocycles. The molecule has 1 amide bonds. The van der Waals surface area contributed by atoms with Crippen LogP contribution in [0.5, 0.6) is 0 Å². The Morgan fingerprint density at radius 2 is 1.67 bits per heavy atom. The summed E-state index contributed by atoms with van der Waals surface area (Å²) in [5.74, 6) is -0.162. The van der Waals surface area contributed by atoms with Gasteiger partial charge in [-0.15, -0.1) is 0 Å². The Bertz CT molecular complexity index is 692. The van der Waals surface area contributed by atoms with Gasteiger partial charge in [-0.3, -0.25) is 4.79 Å². The molecule has 24 heavy (non-hydrogen) atoms. The minimum atomic E-state index is -0.162. The number of carbonyl (C=O) groups excluding carboxylic acids is 1. The summed E-state index contributed by atoms with van der Waals surface area (Å²) in [5.41, 5.74) is 4.19. The van der Waals surface area contributed by atoms with Crippen molar-refractivity contribution in [2.75, 3.05) is 11.9 Å². The van der Waals surface area contributed by atoms with Crippen LogP contribution in [0, 0.1) is 0 Å². The molecular weight excluding hydrogens is 298 g/mol. The highest BCUT2D eigenvalue weighted by molar-refractivity contribution is 6.01. The number of nitrogens with one attached hydrogen (secondary N) is 1. The van der Waals surface area contributed by atoms with Gasteiger partial charge in [0.05, 0.1) is 0 Å². The van der Waals surface area contributed by atoms with Gasteiger partial charge in [0.1, 0.15) is 0 Å². The lowest BCUT2D eigenvalue weighted by atomic mass is 9.87. The van der Waals surface area contributed by atoms with E-state index in [1.165, 1.54) is 11.6 Å². The van der Waals surface area contributed by atoms with E-state index in [-0.39, 0.29) is 17.9 Å². The van der Waals surface area contributed by atoms with E-state index in [1.807, 2.05) is 42.5 Å². The maximum atomic E-state index is 12.0. The minimum Gasteiger partial charge on any atom is -0.396 e. The molecule has 2 N–H and O–H groups in total. The second-order valence-electron chi connectivity index (χ2n) is 6.87. The first-order valence-corrected chi connectivity index (χ1v) is 8.18. The van der Waals surface area contributed by atoms with Crippen LogP contribution in [0.1, 0.15) is 37.5 Å². The van der Waals surface area contributed by atoms with Crippen molar-refractivity contribution < 1.29 is 9.90 Å². The number of anilines is 1. The van der Waals surface area contributed by atoms with Crippen molar-refractivity contribution in [3.63, 3.8) is 0 Å². The van der Waals surface area contributed by atoms with E-state index >= 15 is 0 Å². The van der Waals surface area contributed by atoms with Crippen LogP contribution < -0.4 is 5.32 Å². The standard InChI is InChI=1S/C21H25NO2/c1-21(2,3)18-9-4-16(5-10-18)8-13-20(24)22-19-11-6-17(7-12-19)14-15-23/h4-13,23H,14-15H2,1-3H3,(H,22,24)/b13-8+. The maximum absolute atomic E-state index is 12.0. The molecular formula is C21H25NO2. The Balaban J connectivity index is 1.95. The topological polar surface area (TPSA) is 49.3 Å². The van der Waals surface area contributed by atoms with Crippen molar-refractivity contribution in [3.05, 3.63) is 71.3 Å². The number of amides is 1. The number of hydrogen-bond donors (Lipinski definition) is 2. The second kappa shape index (κ2) is 7.93. The zero-order valence-corrected chi connectivity index (χ0v) is 14.5. The van der Waals surface area contributed by atoms with Crippen molar-refractivity contribution in [2.45, 2.75) is 32.6 Å². The normalized spacial score (nSPS) is 11.7. The van der Waals surface area contributed by atoms with Crippen LogP contribution in [0.4, 0.5) is 5.69 Å². The number of hydrogen-bond acceptors (Lipinski definition) is 2. The quantitative estimate of drug-likeness (QED) is 0.811. The lowest BCUT2D eigenvalue weighted by Gasteiger charge is -2.18. The Labute approximate surface area is 144 Å². The van der Waals surface area contributed by atoms with Gasteiger partial charge in [0.2, 0.25) is 5.91 Å². The monoisotopic (exact) mass is 323 g/mol. The van der Waals surface area contributed by atoms with E-state index in [1.54, 1.807) is 0 Å². The Morgan fingerprint density at radius 1 is 1.04 bits per heavy atom. The van der Waals surface area contributed by atoms with Gasteiger partial charge in [-0.1, -0.05) is 57.2 Å². The first-order valence-electron chi connectivity index (χ1n) is 8.18. The zero-order chi connectivity index (χ0) is 17.6. The van der Waals surface area contributed by atoms with E-state index < -0.39 is 0 Å². The van der Waals surface area contributed by atoms with Crippen molar-refractivity contribution in [3.8, 4) is 0 Å². The maximum Gasteiger partial charge on any atom is 0.248 e. The van der Waals surface area contributed by atoms with Crippen molar-refractivity contribution in [2.24, 2.45) is 0 Å². The molecule has 0 aromatic heterocycles. The molecule has 0 atom stereocenters. The van der Waals surface area contributed by atoms with E-state index in [4.69, 9.17) is 5.11 Å². The molecule has 0 aliphatic carbocycles. The highest BCUT2D eigenvalue weighted by Gasteiger charge is 2.12. The van der Waals surface area contributed by atoms with E-state index in [0.29, 0.717) is 6.42 Å². The number of carbonyl (C=O) groups is 1. The Hall–Kier alpha value is -2.39. The summed E-state index contributed by atoms with van der Waals surface area (Å²) in [4.78, 5) is 12.0. The molecule has 0 fully saturated rings. The minimum absolute atomic E-state index is 0.127. The summed E-state index contributed by atoms with van der Waals surface area (Å²) in [7, 11) is 0. The van der Waals surface area contributed by atoms with Crippen LogP contribution in [-0.4, -0.2) is 17.6 Å². The van der Waals surface area contributed by atoms with Gasteiger partial charge in [0.15, 0.2) is 0 Å². The highest BCUT2D eigenvalue weighted by Crippen LogP contribution is 2.22. The zero-order valence-electron chi connectivity index (χ0n) is 14.5. The predicted octanol–water partition coefficient (Wildman–Crippen LogP) is 4.17. The largest absolute Gasteiger partial charge is 0.396 e. The molecule has 0 bridgehead atoms. The van der Waals surface area contributed by atoms with Gasteiger partial charge in [0.25, 0.3) is 0 Å². The summed E-state index contributed by atoms with van der Waals surface area (Å²) in [6.07, 6.45) is 3.97. The van der Waals surface area contributed by atoms with Gasteiger partial charge in [-0.05, 0) is 46.7 Å². The average Bonchev–Trinajstić information content (AvgIpc) is 2.55. The molecule has 3 heteroatoms. The number of aliphatic hydroxyl groups excluding tert-OH is 1. The second-order valence-corrected chi connectivity index (χ2v) is 6.87.